The van der Waals surface area contributed by atoms with E-state index in [9.17, 15) is 26.7 Å². The number of nitrogens with one attached hydrogen (secondary N) is 1. The summed E-state index contributed by atoms with van der Waals surface area (Å²) in [5.74, 6) is -1.80. The van der Waals surface area contributed by atoms with Crippen LogP contribution in [0.1, 0.15) is 43.0 Å². The van der Waals surface area contributed by atoms with Crippen LogP contribution < -0.4 is 10.2 Å². The van der Waals surface area contributed by atoms with Gasteiger partial charge in [-0.1, -0.05) is 30.9 Å². The highest BCUT2D eigenvalue weighted by atomic mass is 35.5. The van der Waals surface area contributed by atoms with E-state index in [2.05, 4.69) is 25.6 Å². The van der Waals surface area contributed by atoms with Gasteiger partial charge in [0.25, 0.3) is 6.43 Å². The van der Waals surface area contributed by atoms with E-state index in [4.69, 9.17) is 11.6 Å². The molecule has 14 heteroatoms. The number of alkyl halides is 5. The monoisotopic (exact) mass is 491 g/mol. The molecule has 1 amide bonds. The van der Waals surface area contributed by atoms with Crippen molar-refractivity contribution < 1.29 is 26.7 Å². The molecule has 0 aromatic carbocycles. The third kappa shape index (κ3) is 6.03. The molecule has 3 aromatic rings. The number of fused-ring (bicyclic) bond motifs is 3. The van der Waals surface area contributed by atoms with Gasteiger partial charge >= 0.3 is 6.18 Å². The van der Waals surface area contributed by atoms with Gasteiger partial charge in [-0.2, -0.15) is 23.4 Å². The molecule has 0 spiro atoms. The zero-order valence-electron chi connectivity index (χ0n) is 17.2. The molecule has 8 nitrogen and oxygen atoms in total. The second-order valence-electron chi connectivity index (χ2n) is 7.10. The first-order valence-electron chi connectivity index (χ1n) is 9.77. The summed E-state index contributed by atoms with van der Waals surface area (Å²) in [6.07, 6.45) is 0.424. The molecule has 0 bridgehead atoms. The van der Waals surface area contributed by atoms with Gasteiger partial charge in [0.05, 0.1) is 29.5 Å². The van der Waals surface area contributed by atoms with Gasteiger partial charge < -0.3 is 10.2 Å². The maximum absolute atomic E-state index is 13.0. The predicted molar refractivity (Wildman–Crippen MR) is 111 cm³/mol. The number of nitrogens with zero attached hydrogens (tertiary/aromatic N) is 6. The van der Waals surface area contributed by atoms with Crippen LogP contribution in [0.15, 0.2) is 24.5 Å². The van der Waals surface area contributed by atoms with E-state index in [0.717, 1.165) is 9.42 Å². The van der Waals surface area contributed by atoms with Crippen molar-refractivity contribution in [1.29, 1.82) is 0 Å². The van der Waals surface area contributed by atoms with E-state index in [1.54, 1.807) is 7.05 Å². The standard InChI is InChI=1S/C10H6ClF3N4O.C6H7F2N3.C3H6/c11-7-1-8-15-2-6-9(18(8)16-7)5(10(12,13)14)3-17(6)4-19;1-9-4-2-5(6(7)8)11-10-3-4;1-2-3-1/h1-2,4-5H,3H2;2-3,6H,1H3,(H,9,11);1-3H2. The Balaban J connectivity index is 0.000000184. The molecule has 178 valence electrons. The Morgan fingerprint density at radius 2 is 1.91 bits per heavy atom. The van der Waals surface area contributed by atoms with Gasteiger partial charge in [-0.25, -0.2) is 18.3 Å². The van der Waals surface area contributed by atoms with E-state index < -0.39 is 25.1 Å². The lowest BCUT2D eigenvalue weighted by Crippen LogP contribution is -2.27. The second-order valence-corrected chi connectivity index (χ2v) is 7.49. The molecule has 2 aliphatic rings. The summed E-state index contributed by atoms with van der Waals surface area (Å²) in [5, 5.41) is 13.2. The molecular formula is C19H19ClF5N7O. The van der Waals surface area contributed by atoms with Crippen LogP contribution in [0.5, 0.6) is 0 Å². The number of anilines is 2. The minimum atomic E-state index is -4.47. The quantitative estimate of drug-likeness (QED) is 0.424. The van der Waals surface area contributed by atoms with Crippen molar-refractivity contribution in [1.82, 2.24) is 24.8 Å². The van der Waals surface area contributed by atoms with Crippen molar-refractivity contribution in [2.45, 2.75) is 37.8 Å². The Labute approximate surface area is 189 Å². The van der Waals surface area contributed by atoms with Crippen molar-refractivity contribution in [3.63, 3.8) is 0 Å². The van der Waals surface area contributed by atoms with E-state index in [-0.39, 0.29) is 27.9 Å². The Kier molecular flexibility index (Phi) is 7.61. The highest BCUT2D eigenvalue weighted by molar-refractivity contribution is 6.29. The van der Waals surface area contributed by atoms with Gasteiger partial charge in [-0.3, -0.25) is 4.79 Å². The summed E-state index contributed by atoms with van der Waals surface area (Å²) >= 11 is 5.68. The van der Waals surface area contributed by atoms with Gasteiger partial charge in [0.1, 0.15) is 11.6 Å². The fourth-order valence-electron chi connectivity index (χ4n) is 2.83. The molecular weight excluding hydrogens is 473 g/mol. The molecule has 5 rings (SSSR count). The fraction of sp³-hybridized carbons (Fsp3) is 0.421. The highest BCUT2D eigenvalue weighted by Crippen LogP contribution is 2.44. The average molecular weight is 492 g/mol. The molecule has 33 heavy (non-hydrogen) atoms. The first-order valence-corrected chi connectivity index (χ1v) is 10.1. The van der Waals surface area contributed by atoms with E-state index in [1.165, 1.54) is 43.8 Å². The van der Waals surface area contributed by atoms with Gasteiger partial charge in [-0.15, -0.1) is 5.10 Å². The van der Waals surface area contributed by atoms with Crippen molar-refractivity contribution in [2.24, 2.45) is 0 Å². The number of carbonyl (C=O) groups excluding carboxylic acids is 1. The number of carbonyl (C=O) groups is 1. The van der Waals surface area contributed by atoms with E-state index in [1.807, 2.05) is 0 Å². The number of hydrogen-bond donors (Lipinski definition) is 1. The molecule has 1 unspecified atom stereocenters. The average Bonchev–Trinajstić information content (AvgIpc) is 3.53. The lowest BCUT2D eigenvalue weighted by Gasteiger charge is -2.15. The van der Waals surface area contributed by atoms with Crippen LogP contribution >= 0.6 is 11.6 Å². The molecule has 1 aliphatic carbocycles. The van der Waals surface area contributed by atoms with Crippen LogP contribution in [-0.4, -0.2) is 51.0 Å². The summed E-state index contributed by atoms with van der Waals surface area (Å²) in [7, 11) is 1.63. The number of rotatable bonds is 3. The van der Waals surface area contributed by atoms with Gasteiger partial charge in [-0.05, 0) is 6.07 Å². The smallest absolute Gasteiger partial charge is 0.387 e. The molecule has 0 saturated heterocycles. The molecule has 4 heterocycles. The van der Waals surface area contributed by atoms with Crippen molar-refractivity contribution >= 4 is 35.0 Å². The summed E-state index contributed by atoms with van der Waals surface area (Å²) in [6, 6.07) is 2.62. The fourth-order valence-corrected chi connectivity index (χ4v) is 3.00. The minimum absolute atomic E-state index is 0.0476. The zero-order valence-corrected chi connectivity index (χ0v) is 18.0. The summed E-state index contributed by atoms with van der Waals surface area (Å²) < 4.78 is 64.1. The van der Waals surface area contributed by atoms with Crippen LogP contribution in [0.25, 0.3) is 5.65 Å². The summed E-state index contributed by atoms with van der Waals surface area (Å²) in [4.78, 5) is 15.8. The molecule has 0 radical (unpaired) electrons. The summed E-state index contributed by atoms with van der Waals surface area (Å²) in [5.41, 5.74) is 0.430. The Morgan fingerprint density at radius 1 is 1.21 bits per heavy atom. The maximum Gasteiger partial charge on any atom is 0.399 e. The van der Waals surface area contributed by atoms with Gasteiger partial charge in [0.2, 0.25) is 6.41 Å². The van der Waals surface area contributed by atoms with Crippen LogP contribution in [0, 0.1) is 0 Å². The van der Waals surface area contributed by atoms with Crippen LogP contribution in [0.3, 0.4) is 0 Å². The number of halogens is 6. The number of aromatic nitrogens is 5. The number of hydrogen-bond acceptors (Lipinski definition) is 6. The third-order valence-electron chi connectivity index (χ3n) is 4.55. The van der Waals surface area contributed by atoms with Crippen molar-refractivity contribution in [2.75, 3.05) is 23.8 Å². The third-order valence-corrected chi connectivity index (χ3v) is 4.74. The van der Waals surface area contributed by atoms with Crippen LogP contribution in [0.2, 0.25) is 5.15 Å². The SMILES string of the molecule is C1CC1.CNc1cnnc(C(F)F)c1.O=CN1CC(C(F)(F)F)c2c1cnc1cc(Cl)nn21. The maximum atomic E-state index is 13.0. The van der Waals surface area contributed by atoms with Crippen LogP contribution in [0.4, 0.5) is 33.3 Å². The molecule has 1 fully saturated rings. The zero-order chi connectivity index (χ0) is 24.2. The Bertz CT molecular complexity index is 1100. The van der Waals surface area contributed by atoms with E-state index >= 15 is 0 Å². The normalized spacial score (nSPS) is 16.5. The van der Waals surface area contributed by atoms with E-state index in [0.29, 0.717) is 12.1 Å². The predicted octanol–water partition coefficient (Wildman–Crippen LogP) is 4.63. The molecule has 1 aliphatic heterocycles. The van der Waals surface area contributed by atoms with Gasteiger partial charge in [0, 0.05) is 19.7 Å². The Morgan fingerprint density at radius 3 is 2.45 bits per heavy atom. The summed E-state index contributed by atoms with van der Waals surface area (Å²) in [6.45, 7) is -0.472. The molecule has 1 atom stereocenters. The molecule has 1 saturated carbocycles. The van der Waals surface area contributed by atoms with Crippen LogP contribution in [-0.2, 0) is 4.79 Å². The number of amides is 1. The first-order chi connectivity index (χ1) is 15.7. The largest absolute Gasteiger partial charge is 0.399 e. The van der Waals surface area contributed by atoms with Crippen molar-refractivity contribution in [3.05, 3.63) is 41.1 Å². The lowest BCUT2D eigenvalue weighted by atomic mass is 10.1. The first kappa shape index (κ1) is 24.6. The lowest BCUT2D eigenvalue weighted by molar-refractivity contribution is -0.147. The molecule has 1 N–H and O–H groups in total. The van der Waals surface area contributed by atoms with Crippen molar-refractivity contribution in [3.8, 4) is 0 Å². The van der Waals surface area contributed by atoms with Gasteiger partial charge in [0.15, 0.2) is 10.8 Å². The second kappa shape index (κ2) is 10.2. The molecule has 3 aromatic heterocycles. The topological polar surface area (TPSA) is 88.3 Å². The highest BCUT2D eigenvalue weighted by Gasteiger charge is 2.49. The Hall–Kier alpha value is -3.09. The minimum Gasteiger partial charge on any atom is -0.387 e.